The van der Waals surface area contributed by atoms with Gasteiger partial charge >= 0.3 is 5.97 Å². The first-order chi connectivity index (χ1) is 15.5. The maximum absolute atomic E-state index is 13.6. The number of hydrogen-bond donors (Lipinski definition) is 1. The zero-order chi connectivity index (χ0) is 24.3. The third-order valence-electron chi connectivity index (χ3n) is 6.80. The van der Waals surface area contributed by atoms with Crippen molar-refractivity contribution in [1.82, 2.24) is 4.98 Å². The number of hydrogen-bond acceptors (Lipinski definition) is 7. The lowest BCUT2D eigenvalue weighted by atomic mass is 9.79. The van der Waals surface area contributed by atoms with Crippen LogP contribution in [0.2, 0.25) is 0 Å². The minimum absolute atomic E-state index is 0.163. The van der Waals surface area contributed by atoms with E-state index in [0.29, 0.717) is 5.92 Å². The summed E-state index contributed by atoms with van der Waals surface area (Å²) >= 11 is 1.55. The fraction of sp³-hybridized carbons (Fsp3) is 0.654. The summed E-state index contributed by atoms with van der Waals surface area (Å²) in [6, 6.07) is 0. The minimum Gasteiger partial charge on any atom is -0.455 e. The Morgan fingerprint density at radius 3 is 2.70 bits per heavy atom. The summed E-state index contributed by atoms with van der Waals surface area (Å²) in [7, 11) is 0. The highest BCUT2D eigenvalue weighted by Crippen LogP contribution is 2.35. The summed E-state index contributed by atoms with van der Waals surface area (Å²) < 4.78 is 12.3. The number of thiazole rings is 1. The lowest BCUT2D eigenvalue weighted by molar-refractivity contribution is -0.199. The van der Waals surface area contributed by atoms with Crippen molar-refractivity contribution in [1.29, 1.82) is 0 Å². The van der Waals surface area contributed by atoms with Gasteiger partial charge in [0.05, 0.1) is 17.1 Å². The molecule has 0 saturated carbocycles. The van der Waals surface area contributed by atoms with Crippen molar-refractivity contribution in [2.24, 2.45) is 11.8 Å². The molecule has 6 atom stereocenters. The van der Waals surface area contributed by atoms with E-state index in [4.69, 9.17) is 9.47 Å². The lowest BCUT2D eigenvalue weighted by Gasteiger charge is -2.42. The molecule has 182 valence electrons. The molecule has 1 saturated heterocycles. The Kier molecular flexibility index (Phi) is 8.30. The molecule has 2 aliphatic rings. The topological polar surface area (TPSA) is 85.7 Å². The molecule has 33 heavy (non-hydrogen) atoms. The van der Waals surface area contributed by atoms with Gasteiger partial charge in [0.25, 0.3) is 0 Å². The van der Waals surface area contributed by atoms with Gasteiger partial charge < -0.3 is 14.6 Å². The number of esters is 1. The molecule has 3 heterocycles. The first-order valence-corrected chi connectivity index (χ1v) is 12.7. The molecule has 0 spiro atoms. The molecule has 1 fully saturated rings. The molecule has 1 aromatic heterocycles. The van der Waals surface area contributed by atoms with Gasteiger partial charge in [0.2, 0.25) is 0 Å². The molecule has 2 aliphatic heterocycles. The quantitative estimate of drug-likeness (QED) is 0.477. The monoisotopic (exact) mass is 475 g/mol. The van der Waals surface area contributed by atoms with Crippen LogP contribution < -0.4 is 0 Å². The molecule has 1 aromatic rings. The van der Waals surface area contributed by atoms with Crippen LogP contribution in [0, 0.1) is 18.8 Å². The van der Waals surface area contributed by atoms with E-state index in [1.54, 1.807) is 18.3 Å². The number of aliphatic hydroxyl groups excluding tert-OH is 1. The highest BCUT2D eigenvalue weighted by Gasteiger charge is 2.49. The van der Waals surface area contributed by atoms with Gasteiger partial charge in [-0.25, -0.2) is 4.98 Å². The third-order valence-corrected chi connectivity index (χ3v) is 7.60. The highest BCUT2D eigenvalue weighted by atomic mass is 32.1. The van der Waals surface area contributed by atoms with Gasteiger partial charge in [-0.15, -0.1) is 11.3 Å². The van der Waals surface area contributed by atoms with Crippen molar-refractivity contribution in [3.63, 3.8) is 0 Å². The molecular weight excluding hydrogens is 438 g/mol. The molecule has 6 nitrogen and oxygen atoms in total. The number of ketones is 1. The van der Waals surface area contributed by atoms with E-state index in [0.717, 1.165) is 47.5 Å². The number of ether oxygens (including phenoxy) is 2. The highest BCUT2D eigenvalue weighted by molar-refractivity contribution is 7.09. The van der Waals surface area contributed by atoms with Crippen molar-refractivity contribution in [3.05, 3.63) is 33.3 Å². The minimum atomic E-state index is -1.50. The summed E-state index contributed by atoms with van der Waals surface area (Å²) in [5, 5.41) is 13.9. The van der Waals surface area contributed by atoms with Gasteiger partial charge in [0.15, 0.2) is 17.5 Å². The number of rotatable bonds is 2. The second kappa shape index (κ2) is 10.6. The number of aromatic nitrogens is 1. The van der Waals surface area contributed by atoms with Crippen LogP contribution in [0.25, 0.3) is 6.08 Å². The van der Waals surface area contributed by atoms with Gasteiger partial charge in [-0.2, -0.15) is 0 Å². The molecule has 0 radical (unpaired) electrons. The Labute approximate surface area is 201 Å². The van der Waals surface area contributed by atoms with Crippen molar-refractivity contribution in [2.75, 3.05) is 0 Å². The molecule has 7 heteroatoms. The molecule has 3 rings (SSSR count). The molecule has 2 unspecified atom stereocenters. The molecular formula is C26H37NO5S. The summed E-state index contributed by atoms with van der Waals surface area (Å²) in [5.41, 5.74) is 1.18. The van der Waals surface area contributed by atoms with E-state index < -0.39 is 29.9 Å². The SMILES string of the molecule is C/C1=C/C2OC(C)(C(=O)[C@H](C)C[C@@H](C)CCC1)[C@@H](O)CC(=O)O[C@@H]2/C(C)=C/c1csc(C)n1. The summed E-state index contributed by atoms with van der Waals surface area (Å²) in [5.74, 6) is -0.594. The van der Waals surface area contributed by atoms with Gasteiger partial charge in [0, 0.05) is 11.3 Å². The van der Waals surface area contributed by atoms with E-state index in [9.17, 15) is 14.7 Å². The number of cyclic esters (lactones) is 1. The van der Waals surface area contributed by atoms with Crippen LogP contribution in [0.1, 0.15) is 77.4 Å². The second-order valence-corrected chi connectivity index (χ2v) is 11.1. The van der Waals surface area contributed by atoms with Crippen LogP contribution in [0.5, 0.6) is 0 Å². The second-order valence-electron chi connectivity index (χ2n) is 10.0. The molecule has 0 aliphatic carbocycles. The number of allylic oxidation sites excluding steroid dienone is 1. The fourth-order valence-electron chi connectivity index (χ4n) is 4.90. The maximum Gasteiger partial charge on any atom is 0.309 e. The van der Waals surface area contributed by atoms with Crippen molar-refractivity contribution in [3.8, 4) is 0 Å². The molecule has 1 N–H and O–H groups in total. The Bertz CT molecular complexity index is 935. The van der Waals surface area contributed by atoms with Gasteiger partial charge in [0.1, 0.15) is 12.2 Å². The maximum atomic E-state index is 13.6. The van der Waals surface area contributed by atoms with E-state index in [1.165, 1.54) is 0 Å². The van der Waals surface area contributed by atoms with Crippen LogP contribution in [0.3, 0.4) is 0 Å². The largest absolute Gasteiger partial charge is 0.455 e. The zero-order valence-corrected chi connectivity index (χ0v) is 21.4. The van der Waals surface area contributed by atoms with Crippen LogP contribution in [0.15, 0.2) is 22.6 Å². The van der Waals surface area contributed by atoms with Crippen molar-refractivity contribution < 1.29 is 24.2 Å². The molecule has 2 bridgehead atoms. The Morgan fingerprint density at radius 1 is 1.30 bits per heavy atom. The fourth-order valence-corrected chi connectivity index (χ4v) is 5.47. The van der Waals surface area contributed by atoms with Crippen LogP contribution in [0.4, 0.5) is 0 Å². The van der Waals surface area contributed by atoms with E-state index in [1.807, 2.05) is 45.2 Å². The molecule has 0 aromatic carbocycles. The third kappa shape index (κ3) is 6.19. The van der Waals surface area contributed by atoms with Gasteiger partial charge in [-0.05, 0) is 64.5 Å². The van der Waals surface area contributed by atoms with Crippen LogP contribution in [-0.4, -0.2) is 45.8 Å². The summed E-state index contributed by atoms with van der Waals surface area (Å²) in [4.78, 5) is 30.9. The summed E-state index contributed by atoms with van der Waals surface area (Å²) in [6.45, 7) is 11.6. The Morgan fingerprint density at radius 2 is 2.03 bits per heavy atom. The predicted octanol–water partition coefficient (Wildman–Crippen LogP) is 5.04. The van der Waals surface area contributed by atoms with Gasteiger partial charge in [-0.3, -0.25) is 9.59 Å². The van der Waals surface area contributed by atoms with Gasteiger partial charge in [-0.1, -0.05) is 31.9 Å². The van der Waals surface area contributed by atoms with E-state index in [2.05, 4.69) is 11.9 Å². The first-order valence-electron chi connectivity index (χ1n) is 11.9. The summed E-state index contributed by atoms with van der Waals surface area (Å²) in [6.07, 6.45) is 4.56. The number of nitrogens with zero attached hydrogens (tertiary/aromatic N) is 1. The number of carbonyl (C=O) groups is 2. The predicted molar refractivity (Wildman–Crippen MR) is 130 cm³/mol. The molecule has 0 amide bonds. The first kappa shape index (κ1) is 25.8. The smallest absolute Gasteiger partial charge is 0.309 e. The van der Waals surface area contributed by atoms with Crippen molar-refractivity contribution in [2.45, 2.75) is 97.6 Å². The Balaban J connectivity index is 2.08. The number of fused-ring (bicyclic) bond motifs is 2. The number of aliphatic hydroxyl groups is 1. The van der Waals surface area contributed by atoms with E-state index >= 15 is 0 Å². The van der Waals surface area contributed by atoms with Crippen LogP contribution >= 0.6 is 11.3 Å². The normalized spacial score (nSPS) is 36.5. The van der Waals surface area contributed by atoms with Crippen LogP contribution in [-0.2, 0) is 19.1 Å². The average molecular weight is 476 g/mol. The number of aryl methyl sites for hydroxylation is 1. The average Bonchev–Trinajstić information content (AvgIpc) is 3.13. The standard InChI is InChI=1S/C26H37NO5S/c1-15-8-7-9-16(2)11-21-24(17(3)12-20-14-33-19(5)27-20)31-23(29)13-22(28)26(6,32-21)25(30)18(4)10-15/h11-12,14-15,18,21-22,24,28H,7-10,13H2,1-6H3/b16-11-,17-12+/t15-,18+,21?,22-,24+,26?/m0/s1. The number of Topliss-reactive ketones (excluding diaryl/α,β-unsaturated/α-hetero) is 1. The lowest BCUT2D eigenvalue weighted by Crippen LogP contribution is -2.57. The van der Waals surface area contributed by atoms with Crippen molar-refractivity contribution >= 4 is 29.2 Å². The Hall–Kier alpha value is -1.83. The number of carbonyl (C=O) groups excluding carboxylic acids is 2. The van der Waals surface area contributed by atoms with E-state index in [-0.39, 0.29) is 18.1 Å². The zero-order valence-electron chi connectivity index (χ0n) is 20.6.